The van der Waals surface area contributed by atoms with Crippen molar-refractivity contribution in [1.82, 2.24) is 5.43 Å². The largest absolute Gasteiger partial charge is 2.00 e. The van der Waals surface area contributed by atoms with Gasteiger partial charge in [0.2, 0.25) is 0 Å². The van der Waals surface area contributed by atoms with Crippen molar-refractivity contribution in [2.75, 3.05) is 0 Å². The molecule has 0 aromatic heterocycles. The van der Waals surface area contributed by atoms with Crippen LogP contribution in [0.4, 0.5) is 0 Å². The number of thiol groups is 1. The summed E-state index contributed by atoms with van der Waals surface area (Å²) in [7, 11) is -4.64. The maximum Gasteiger partial charge on any atom is 2.00 e. The summed E-state index contributed by atoms with van der Waals surface area (Å²) in [4.78, 5) is 21.6. The summed E-state index contributed by atoms with van der Waals surface area (Å²) in [5, 5.41) is 0. The van der Waals surface area contributed by atoms with Crippen molar-refractivity contribution < 1.29 is 70.2 Å². The molecule has 0 aliphatic rings. The zero-order valence-corrected chi connectivity index (χ0v) is 14.4. The fourth-order valence-corrected chi connectivity index (χ4v) is 0. The number of hydrogen-bond acceptors (Lipinski definition) is 3. The summed E-state index contributed by atoms with van der Waals surface area (Å²) in [5.41, 5.74) is 2.12. The number of nitrogens with one attached hydrogen (secondary N) is 1. The smallest absolute Gasteiger partial charge is 1.00 e. The summed E-state index contributed by atoms with van der Waals surface area (Å²) in [5.74, 6) is 4.70. The Bertz CT molecular complexity index is 162. The summed E-state index contributed by atoms with van der Waals surface area (Å²) in [6.07, 6.45) is 0. The Hall–Kier alpha value is 3.09. The molecule has 0 amide bonds. The third-order valence-corrected chi connectivity index (χ3v) is 0.370. The second-order valence-electron chi connectivity index (χ2n) is 0.963. The zero-order valence-electron chi connectivity index (χ0n) is 9.64. The minimum atomic E-state index is -4.64. The van der Waals surface area contributed by atoms with Crippen LogP contribution in [0.15, 0.2) is 0 Å². The van der Waals surface area contributed by atoms with Crippen molar-refractivity contribution in [3.63, 3.8) is 0 Å². The molecule has 1 radical (unpaired) electrons. The molecular formula is CH10CaCuN2NaO4PS2. The van der Waals surface area contributed by atoms with Gasteiger partial charge in [-0.3, -0.25) is 0 Å². The van der Waals surface area contributed by atoms with Gasteiger partial charge in [0.1, 0.15) is 4.32 Å². The fourth-order valence-electron chi connectivity index (χ4n) is 0. The van der Waals surface area contributed by atoms with Crippen LogP contribution in [-0.2, 0) is 21.6 Å². The first kappa shape index (κ1) is 29.8. The van der Waals surface area contributed by atoms with E-state index in [2.05, 4.69) is 30.3 Å². The molecule has 12 heteroatoms. The van der Waals surface area contributed by atoms with E-state index in [1.165, 1.54) is 0 Å². The summed E-state index contributed by atoms with van der Waals surface area (Å²) in [6, 6.07) is 0. The van der Waals surface area contributed by atoms with E-state index >= 15 is 0 Å². The van der Waals surface area contributed by atoms with Crippen LogP contribution in [0.2, 0.25) is 0 Å². The third-order valence-electron chi connectivity index (χ3n) is 0.123. The molecule has 6 nitrogen and oxygen atoms in total. The Kier molecular flexibility index (Phi) is 40.1. The van der Waals surface area contributed by atoms with Crippen molar-refractivity contribution in [1.29, 1.82) is 0 Å². The van der Waals surface area contributed by atoms with Crippen molar-refractivity contribution >= 4 is 74.7 Å². The number of rotatable bonds is 0. The number of hydrogen-bond donors (Lipinski definition) is 6. The predicted molar refractivity (Wildman–Crippen MR) is 52.3 cm³/mol. The van der Waals surface area contributed by atoms with Gasteiger partial charge < -0.3 is 24.4 Å². The van der Waals surface area contributed by atoms with Crippen molar-refractivity contribution in [3.05, 3.63) is 0 Å². The van der Waals surface area contributed by atoms with Crippen LogP contribution in [0.5, 0.6) is 0 Å². The molecule has 0 aromatic rings. The molecule has 0 aliphatic carbocycles. The summed E-state index contributed by atoms with van der Waals surface area (Å²) in [6.45, 7) is 0. The predicted octanol–water partition coefficient (Wildman–Crippen LogP) is -4.31. The molecule has 0 bridgehead atoms. The Labute approximate surface area is 154 Å². The van der Waals surface area contributed by atoms with E-state index in [9.17, 15) is 0 Å². The van der Waals surface area contributed by atoms with E-state index in [4.69, 9.17) is 25.1 Å². The van der Waals surface area contributed by atoms with Gasteiger partial charge in [0.05, 0.1) is 0 Å². The van der Waals surface area contributed by atoms with Gasteiger partial charge in [-0.15, -0.1) is 12.6 Å². The summed E-state index contributed by atoms with van der Waals surface area (Å²) < 4.78 is 9.19. The zero-order chi connectivity index (χ0) is 8.78. The van der Waals surface area contributed by atoms with Crippen LogP contribution in [0.25, 0.3) is 0 Å². The Balaban J connectivity index is -0.00000000970. The normalized spacial score (nSPS) is 7.15. The molecule has 0 unspecified atom stereocenters. The third kappa shape index (κ3) is 99.8. The maximum absolute atomic E-state index is 8.88. The van der Waals surface area contributed by atoms with E-state index in [-0.39, 0.29) is 88.6 Å². The minimum absolute atomic E-state index is 0. The van der Waals surface area contributed by atoms with Gasteiger partial charge in [-0.2, -0.15) is 0 Å². The molecule has 0 saturated carbocycles. The van der Waals surface area contributed by atoms with Crippen molar-refractivity contribution in [2.45, 2.75) is 0 Å². The molecule has 79 valence electrons. The van der Waals surface area contributed by atoms with Crippen LogP contribution >= 0.6 is 32.7 Å². The van der Waals surface area contributed by atoms with Gasteiger partial charge in [0.15, 0.2) is 0 Å². The van der Waals surface area contributed by atoms with E-state index in [1.54, 1.807) is 0 Å². The van der Waals surface area contributed by atoms with Gasteiger partial charge in [-0.25, -0.2) is 10.4 Å². The molecule has 0 fully saturated rings. The SMILES string of the molecule is NNC(=S)S.O=P(O)(O)O.[Ca+2].[Cu].[H-].[H-].[H-].[Na+]. The second-order valence-corrected chi connectivity index (χ2v) is 3.15. The van der Waals surface area contributed by atoms with Crippen LogP contribution in [0.3, 0.4) is 0 Å². The van der Waals surface area contributed by atoms with Gasteiger partial charge >= 0.3 is 75.1 Å². The first-order chi connectivity index (χ1) is 4.27. The molecular weight excluding hydrogens is 326 g/mol. The first-order valence-corrected chi connectivity index (χ1v) is 4.17. The van der Waals surface area contributed by atoms with E-state index in [0.717, 1.165) is 0 Å². The fraction of sp³-hybridized carbons (Fsp3) is 0. The van der Waals surface area contributed by atoms with Gasteiger partial charge in [-0.05, 0) is 0 Å². The molecule has 0 spiro atoms. The van der Waals surface area contributed by atoms with E-state index in [1.807, 2.05) is 0 Å². The van der Waals surface area contributed by atoms with Crippen LogP contribution in [-0.4, -0.2) is 56.7 Å². The Morgan fingerprint density at radius 2 is 1.62 bits per heavy atom. The molecule has 0 atom stereocenters. The number of phosphoric acid groups is 1. The molecule has 0 rings (SSSR count). The van der Waals surface area contributed by atoms with Gasteiger partial charge in [0.25, 0.3) is 0 Å². The second kappa shape index (κ2) is 17.5. The van der Waals surface area contributed by atoms with Gasteiger partial charge in [-0.1, -0.05) is 12.2 Å². The van der Waals surface area contributed by atoms with E-state index in [0.29, 0.717) is 4.32 Å². The molecule has 0 heterocycles. The average molecular weight is 336 g/mol. The molecule has 0 aliphatic heterocycles. The molecule has 6 N–H and O–H groups in total. The minimum Gasteiger partial charge on any atom is -1.00 e. The topological polar surface area (TPSA) is 116 Å². The molecule has 13 heavy (non-hydrogen) atoms. The first-order valence-electron chi connectivity index (χ1n) is 1.75. The number of nitrogens with two attached hydrogens (primary N) is 1. The molecule has 0 saturated heterocycles. The van der Waals surface area contributed by atoms with Crippen LogP contribution in [0.1, 0.15) is 4.28 Å². The van der Waals surface area contributed by atoms with Crippen LogP contribution in [0, 0.1) is 0 Å². The van der Waals surface area contributed by atoms with E-state index < -0.39 is 7.82 Å². The van der Waals surface area contributed by atoms with Crippen molar-refractivity contribution in [2.24, 2.45) is 5.84 Å². The Morgan fingerprint density at radius 3 is 1.62 bits per heavy atom. The quantitative estimate of drug-likeness (QED) is 0.0662. The maximum atomic E-state index is 8.88. The molecule has 0 aromatic carbocycles. The van der Waals surface area contributed by atoms with Gasteiger partial charge in [0, 0.05) is 17.1 Å². The van der Waals surface area contributed by atoms with Crippen LogP contribution < -0.4 is 40.8 Å². The number of thiocarbonyl (C=S) groups is 1. The summed E-state index contributed by atoms with van der Waals surface area (Å²) >= 11 is 7.92. The number of hydrazine groups is 1. The Morgan fingerprint density at radius 1 is 1.54 bits per heavy atom. The standard InChI is InChI=1S/CH4N2S2.Ca.Cu.Na.H3O4P.3H/c2-3-1(4)5;;;;1-5(2,3)4;;;/h2H2,(H2,3,4,5);;;;(H3,1,2,3,4);;;/q;+2;;+1;;3*-1. The average Bonchev–Trinajstić information content (AvgIpc) is 1.61. The van der Waals surface area contributed by atoms with Crippen molar-refractivity contribution in [3.8, 4) is 0 Å². The monoisotopic (exact) mass is 335 g/mol.